The Morgan fingerprint density at radius 2 is 1.42 bits per heavy atom. The van der Waals surface area contributed by atoms with Crippen LogP contribution in [0.4, 0.5) is 0 Å². The van der Waals surface area contributed by atoms with Crippen LogP contribution < -0.4 is 0 Å². The highest BCUT2D eigenvalue weighted by Crippen LogP contribution is 2.24. The molecule has 0 unspecified atom stereocenters. The maximum atomic E-state index is 2.71. The standard InChI is InChI=1S/C23H31N/c1(5-12-21-13-6-3-7-14-21)2-10-17-23-18-11-19-24(23)20-22-15-8-4-9-16-22/h3-4,6-9,13-16,23H,1-2,5,10-12,17-20H2/t23-/m1/s1. The number of benzene rings is 2. The van der Waals surface area contributed by atoms with Crippen molar-refractivity contribution in [2.24, 2.45) is 0 Å². The summed E-state index contributed by atoms with van der Waals surface area (Å²) in [5, 5.41) is 0. The molecule has 0 bridgehead atoms. The minimum Gasteiger partial charge on any atom is -0.296 e. The molecule has 0 aliphatic carbocycles. The van der Waals surface area contributed by atoms with E-state index in [4.69, 9.17) is 0 Å². The number of nitrogens with zero attached hydrogens (tertiary/aromatic N) is 1. The van der Waals surface area contributed by atoms with E-state index in [1.54, 1.807) is 0 Å². The van der Waals surface area contributed by atoms with Crippen LogP contribution in [0.15, 0.2) is 60.7 Å². The first-order valence-electron chi connectivity index (χ1n) is 9.74. The van der Waals surface area contributed by atoms with E-state index in [0.29, 0.717) is 0 Å². The van der Waals surface area contributed by atoms with Crippen molar-refractivity contribution in [1.82, 2.24) is 4.90 Å². The van der Waals surface area contributed by atoms with E-state index in [-0.39, 0.29) is 0 Å². The van der Waals surface area contributed by atoms with Crippen molar-refractivity contribution in [2.45, 2.75) is 64.0 Å². The highest BCUT2D eigenvalue weighted by Gasteiger charge is 2.23. The average Bonchev–Trinajstić information content (AvgIpc) is 3.07. The van der Waals surface area contributed by atoms with E-state index in [1.165, 1.54) is 69.0 Å². The maximum Gasteiger partial charge on any atom is 0.0236 e. The Kier molecular flexibility index (Phi) is 6.92. The molecule has 0 N–H and O–H groups in total. The van der Waals surface area contributed by atoms with Gasteiger partial charge in [0, 0.05) is 12.6 Å². The van der Waals surface area contributed by atoms with Gasteiger partial charge in [-0.25, -0.2) is 0 Å². The molecule has 0 radical (unpaired) electrons. The van der Waals surface area contributed by atoms with Crippen LogP contribution in [0.25, 0.3) is 0 Å². The molecule has 0 aromatic heterocycles. The zero-order chi connectivity index (χ0) is 16.5. The van der Waals surface area contributed by atoms with Crippen molar-refractivity contribution >= 4 is 0 Å². The van der Waals surface area contributed by atoms with E-state index in [0.717, 1.165) is 12.6 Å². The van der Waals surface area contributed by atoms with Gasteiger partial charge in [0.25, 0.3) is 0 Å². The number of likely N-dealkylation sites (tertiary alicyclic amines) is 1. The van der Waals surface area contributed by atoms with Crippen LogP contribution in [0.1, 0.15) is 56.1 Å². The molecule has 1 fully saturated rings. The lowest BCUT2D eigenvalue weighted by Crippen LogP contribution is -2.28. The molecule has 128 valence electrons. The zero-order valence-electron chi connectivity index (χ0n) is 14.9. The van der Waals surface area contributed by atoms with Gasteiger partial charge in [0.15, 0.2) is 0 Å². The van der Waals surface area contributed by atoms with E-state index in [1.807, 2.05) is 0 Å². The molecule has 24 heavy (non-hydrogen) atoms. The Hall–Kier alpha value is -1.60. The van der Waals surface area contributed by atoms with E-state index in [9.17, 15) is 0 Å². The highest BCUT2D eigenvalue weighted by molar-refractivity contribution is 5.15. The largest absolute Gasteiger partial charge is 0.296 e. The van der Waals surface area contributed by atoms with Crippen LogP contribution in [-0.4, -0.2) is 17.5 Å². The second-order valence-electron chi connectivity index (χ2n) is 7.19. The lowest BCUT2D eigenvalue weighted by molar-refractivity contribution is 0.230. The third-order valence-electron chi connectivity index (χ3n) is 5.32. The maximum absolute atomic E-state index is 2.71. The van der Waals surface area contributed by atoms with Crippen LogP contribution in [0.5, 0.6) is 0 Å². The Balaban J connectivity index is 1.31. The zero-order valence-corrected chi connectivity index (χ0v) is 14.9. The smallest absolute Gasteiger partial charge is 0.0236 e. The Labute approximate surface area is 147 Å². The normalized spacial score (nSPS) is 18.1. The minimum atomic E-state index is 0.819. The summed E-state index contributed by atoms with van der Waals surface area (Å²) in [4.78, 5) is 2.71. The Morgan fingerprint density at radius 1 is 0.750 bits per heavy atom. The predicted molar refractivity (Wildman–Crippen MR) is 103 cm³/mol. The molecule has 1 aliphatic rings. The summed E-state index contributed by atoms with van der Waals surface area (Å²) in [7, 11) is 0. The van der Waals surface area contributed by atoms with Gasteiger partial charge in [-0.05, 0) is 49.8 Å². The molecule has 2 aromatic rings. The molecule has 1 aliphatic heterocycles. The molecule has 1 nitrogen and oxygen atoms in total. The first kappa shape index (κ1) is 17.2. The summed E-state index contributed by atoms with van der Waals surface area (Å²) < 4.78 is 0. The van der Waals surface area contributed by atoms with Gasteiger partial charge in [0.05, 0.1) is 0 Å². The summed E-state index contributed by atoms with van der Waals surface area (Å²) >= 11 is 0. The molecule has 1 heterocycles. The molecule has 2 aromatic carbocycles. The van der Waals surface area contributed by atoms with Crippen molar-refractivity contribution in [2.75, 3.05) is 6.54 Å². The molecule has 3 rings (SSSR count). The molecule has 0 spiro atoms. The van der Waals surface area contributed by atoms with Gasteiger partial charge in [-0.3, -0.25) is 4.90 Å². The fourth-order valence-electron chi connectivity index (χ4n) is 3.96. The van der Waals surface area contributed by atoms with E-state index >= 15 is 0 Å². The number of aryl methyl sites for hydroxylation is 1. The topological polar surface area (TPSA) is 3.24 Å². The van der Waals surface area contributed by atoms with Crippen LogP contribution in [0, 0.1) is 0 Å². The molecule has 1 atom stereocenters. The fraction of sp³-hybridized carbons (Fsp3) is 0.478. The fourth-order valence-corrected chi connectivity index (χ4v) is 3.96. The van der Waals surface area contributed by atoms with Crippen molar-refractivity contribution in [3.8, 4) is 0 Å². The monoisotopic (exact) mass is 321 g/mol. The van der Waals surface area contributed by atoms with E-state index < -0.39 is 0 Å². The van der Waals surface area contributed by atoms with Gasteiger partial charge in [-0.1, -0.05) is 79.9 Å². The molecule has 1 saturated heterocycles. The average molecular weight is 322 g/mol. The quantitative estimate of drug-likeness (QED) is 0.524. The van der Waals surface area contributed by atoms with Gasteiger partial charge in [0.1, 0.15) is 0 Å². The van der Waals surface area contributed by atoms with Crippen molar-refractivity contribution in [3.63, 3.8) is 0 Å². The molecule has 0 amide bonds. The second-order valence-corrected chi connectivity index (χ2v) is 7.19. The lowest BCUT2D eigenvalue weighted by atomic mass is 10.0. The lowest BCUT2D eigenvalue weighted by Gasteiger charge is -2.24. The summed E-state index contributed by atoms with van der Waals surface area (Å²) in [6.07, 6.45) is 10.9. The number of rotatable bonds is 9. The Bertz CT molecular complexity index is 563. The summed E-state index contributed by atoms with van der Waals surface area (Å²) in [6, 6.07) is 22.7. The SMILES string of the molecule is c1ccc(CCCCCC[C@@H]2CCCN2Cc2ccccc2)cc1. The second kappa shape index (κ2) is 9.64. The van der Waals surface area contributed by atoms with Gasteiger partial charge in [-0.2, -0.15) is 0 Å². The van der Waals surface area contributed by atoms with Crippen molar-refractivity contribution in [1.29, 1.82) is 0 Å². The van der Waals surface area contributed by atoms with Crippen molar-refractivity contribution in [3.05, 3.63) is 71.8 Å². The third-order valence-corrected chi connectivity index (χ3v) is 5.32. The summed E-state index contributed by atoms with van der Waals surface area (Å²) in [5.41, 5.74) is 2.95. The van der Waals surface area contributed by atoms with Crippen LogP contribution >= 0.6 is 0 Å². The predicted octanol–water partition coefficient (Wildman–Crippen LogP) is 5.84. The van der Waals surface area contributed by atoms with Crippen LogP contribution in [0.3, 0.4) is 0 Å². The van der Waals surface area contributed by atoms with Gasteiger partial charge in [0.2, 0.25) is 0 Å². The van der Waals surface area contributed by atoms with E-state index in [2.05, 4.69) is 65.6 Å². The highest BCUT2D eigenvalue weighted by atomic mass is 15.2. The molecular weight excluding hydrogens is 290 g/mol. The van der Waals surface area contributed by atoms with Crippen LogP contribution in [-0.2, 0) is 13.0 Å². The van der Waals surface area contributed by atoms with Gasteiger partial charge >= 0.3 is 0 Å². The Morgan fingerprint density at radius 3 is 2.17 bits per heavy atom. The van der Waals surface area contributed by atoms with Crippen LogP contribution in [0.2, 0.25) is 0 Å². The molecule has 1 heteroatoms. The minimum absolute atomic E-state index is 0.819. The molecule has 0 saturated carbocycles. The van der Waals surface area contributed by atoms with Gasteiger partial charge in [-0.15, -0.1) is 0 Å². The number of hydrogen-bond acceptors (Lipinski definition) is 1. The molecular formula is C23H31N. The first-order chi connectivity index (χ1) is 11.9. The number of hydrogen-bond donors (Lipinski definition) is 0. The summed E-state index contributed by atoms with van der Waals surface area (Å²) in [6.45, 7) is 2.42. The summed E-state index contributed by atoms with van der Waals surface area (Å²) in [5.74, 6) is 0. The number of unbranched alkanes of at least 4 members (excludes halogenated alkanes) is 3. The van der Waals surface area contributed by atoms with Gasteiger partial charge < -0.3 is 0 Å². The third kappa shape index (κ3) is 5.49. The first-order valence-corrected chi connectivity index (χ1v) is 9.74. The van der Waals surface area contributed by atoms with Crippen molar-refractivity contribution < 1.29 is 0 Å².